The molecule has 2 N–H and O–H groups in total. The van der Waals surface area contributed by atoms with Crippen LogP contribution < -0.4 is 5.32 Å². The number of piperidine rings is 1. The normalized spacial score (nSPS) is 18.9. The van der Waals surface area contributed by atoms with Crippen LogP contribution in [0.2, 0.25) is 0 Å². The Morgan fingerprint density at radius 1 is 1.26 bits per heavy atom. The summed E-state index contributed by atoms with van der Waals surface area (Å²) in [5, 5.41) is 13.8. The molecule has 1 rings (SSSR count). The molecule has 0 spiro atoms. The van der Waals surface area contributed by atoms with Gasteiger partial charge in [0.1, 0.15) is 0 Å². The SMILES string of the molecule is CCC(O)(CC)CN1CCC(CNCCOC)CC1. The zero-order valence-electron chi connectivity index (χ0n) is 13.0. The highest BCUT2D eigenvalue weighted by atomic mass is 16.5. The van der Waals surface area contributed by atoms with Gasteiger partial charge >= 0.3 is 0 Å². The zero-order valence-corrected chi connectivity index (χ0v) is 13.0. The summed E-state index contributed by atoms with van der Waals surface area (Å²) in [5.41, 5.74) is -0.483. The van der Waals surface area contributed by atoms with Crippen molar-refractivity contribution in [2.45, 2.75) is 45.1 Å². The van der Waals surface area contributed by atoms with Crippen LogP contribution in [-0.4, -0.2) is 62.0 Å². The summed E-state index contributed by atoms with van der Waals surface area (Å²) in [5.74, 6) is 0.782. The Bertz CT molecular complexity index is 224. The fourth-order valence-electron chi connectivity index (χ4n) is 2.72. The van der Waals surface area contributed by atoms with E-state index in [2.05, 4.69) is 24.1 Å². The lowest BCUT2D eigenvalue weighted by Crippen LogP contribution is -2.46. The van der Waals surface area contributed by atoms with E-state index in [1.807, 2.05) is 0 Å². The molecule has 19 heavy (non-hydrogen) atoms. The van der Waals surface area contributed by atoms with Gasteiger partial charge in [-0.1, -0.05) is 13.8 Å². The van der Waals surface area contributed by atoms with Gasteiger partial charge < -0.3 is 20.1 Å². The second kappa shape index (κ2) is 8.90. The number of rotatable bonds is 9. The fraction of sp³-hybridized carbons (Fsp3) is 1.00. The van der Waals surface area contributed by atoms with Crippen LogP contribution in [0.15, 0.2) is 0 Å². The van der Waals surface area contributed by atoms with Gasteiger partial charge in [0.05, 0.1) is 12.2 Å². The predicted octanol–water partition coefficient (Wildman–Crippen LogP) is 1.49. The Morgan fingerprint density at radius 2 is 1.89 bits per heavy atom. The lowest BCUT2D eigenvalue weighted by Gasteiger charge is -2.37. The predicted molar refractivity (Wildman–Crippen MR) is 79.4 cm³/mol. The maximum Gasteiger partial charge on any atom is 0.0768 e. The van der Waals surface area contributed by atoms with Gasteiger partial charge in [-0.2, -0.15) is 0 Å². The molecule has 1 fully saturated rings. The van der Waals surface area contributed by atoms with Crippen LogP contribution in [0, 0.1) is 5.92 Å². The van der Waals surface area contributed by atoms with Crippen LogP contribution >= 0.6 is 0 Å². The Labute approximate surface area is 118 Å². The van der Waals surface area contributed by atoms with E-state index in [-0.39, 0.29) is 0 Å². The lowest BCUT2D eigenvalue weighted by atomic mass is 9.92. The summed E-state index contributed by atoms with van der Waals surface area (Å²) in [6.07, 6.45) is 4.18. The molecule has 114 valence electrons. The monoisotopic (exact) mass is 272 g/mol. The number of hydrogen-bond donors (Lipinski definition) is 2. The van der Waals surface area contributed by atoms with Gasteiger partial charge in [-0.25, -0.2) is 0 Å². The molecule has 0 aromatic heterocycles. The molecule has 0 atom stereocenters. The summed E-state index contributed by atoms with van der Waals surface area (Å²) in [7, 11) is 1.74. The molecule has 0 aliphatic carbocycles. The van der Waals surface area contributed by atoms with Crippen LogP contribution in [0.4, 0.5) is 0 Å². The molecule has 0 amide bonds. The van der Waals surface area contributed by atoms with E-state index in [0.29, 0.717) is 0 Å². The number of nitrogens with zero attached hydrogens (tertiary/aromatic N) is 1. The van der Waals surface area contributed by atoms with E-state index in [1.54, 1.807) is 7.11 Å². The first kappa shape index (κ1) is 16.9. The number of nitrogens with one attached hydrogen (secondary N) is 1. The molecule has 1 heterocycles. The minimum Gasteiger partial charge on any atom is -0.389 e. The van der Waals surface area contributed by atoms with E-state index in [4.69, 9.17) is 4.74 Å². The quantitative estimate of drug-likeness (QED) is 0.624. The first-order chi connectivity index (χ1) is 9.13. The van der Waals surface area contributed by atoms with Crippen molar-refractivity contribution in [1.29, 1.82) is 0 Å². The molecule has 0 saturated carbocycles. The third-order valence-corrected chi connectivity index (χ3v) is 4.46. The Morgan fingerprint density at radius 3 is 2.42 bits per heavy atom. The molecule has 1 saturated heterocycles. The van der Waals surface area contributed by atoms with Crippen molar-refractivity contribution in [3.8, 4) is 0 Å². The first-order valence-electron chi connectivity index (χ1n) is 7.78. The van der Waals surface area contributed by atoms with E-state index >= 15 is 0 Å². The van der Waals surface area contributed by atoms with Crippen LogP contribution in [-0.2, 0) is 4.74 Å². The number of methoxy groups -OCH3 is 1. The Hall–Kier alpha value is -0.160. The third-order valence-electron chi connectivity index (χ3n) is 4.46. The summed E-state index contributed by atoms with van der Waals surface area (Å²) in [6.45, 7) is 10.1. The van der Waals surface area contributed by atoms with E-state index < -0.39 is 5.60 Å². The van der Waals surface area contributed by atoms with Gasteiger partial charge in [-0.15, -0.1) is 0 Å². The number of likely N-dealkylation sites (tertiary alicyclic amines) is 1. The molecule has 4 heteroatoms. The van der Waals surface area contributed by atoms with Crippen LogP contribution in [0.25, 0.3) is 0 Å². The fourth-order valence-corrected chi connectivity index (χ4v) is 2.72. The molecule has 0 aromatic rings. The number of β-amino-alcohol motifs (C(OH)–C–C–N with tert-alkyl or cyclic N) is 1. The number of ether oxygens (including phenoxy) is 1. The molecule has 4 nitrogen and oxygen atoms in total. The standard InChI is InChI=1S/C15H32N2O2/c1-4-15(18,5-2)13-17-9-6-14(7-10-17)12-16-8-11-19-3/h14,16,18H,4-13H2,1-3H3. The topological polar surface area (TPSA) is 44.7 Å². The zero-order chi connectivity index (χ0) is 14.1. The average Bonchev–Trinajstić information content (AvgIpc) is 2.45. The van der Waals surface area contributed by atoms with Crippen molar-refractivity contribution in [2.24, 2.45) is 5.92 Å². The third kappa shape index (κ3) is 6.21. The van der Waals surface area contributed by atoms with Gasteiger partial charge in [-0.05, 0) is 51.2 Å². The van der Waals surface area contributed by atoms with Crippen molar-refractivity contribution in [3.05, 3.63) is 0 Å². The maximum absolute atomic E-state index is 10.4. The lowest BCUT2D eigenvalue weighted by molar-refractivity contribution is -0.0115. The summed E-state index contributed by atoms with van der Waals surface area (Å²) < 4.78 is 5.03. The highest BCUT2D eigenvalue weighted by Crippen LogP contribution is 2.21. The highest BCUT2D eigenvalue weighted by molar-refractivity contribution is 4.82. The van der Waals surface area contributed by atoms with Crippen molar-refractivity contribution in [3.63, 3.8) is 0 Å². The molecule has 0 aromatic carbocycles. The molecule has 1 aliphatic rings. The second-order valence-corrected chi connectivity index (χ2v) is 5.85. The van der Waals surface area contributed by atoms with Crippen molar-refractivity contribution in [2.75, 3.05) is 46.4 Å². The average molecular weight is 272 g/mol. The maximum atomic E-state index is 10.4. The molecule has 0 bridgehead atoms. The Balaban J connectivity index is 2.18. The minimum atomic E-state index is -0.483. The van der Waals surface area contributed by atoms with Crippen LogP contribution in [0.5, 0.6) is 0 Å². The molecule has 0 unspecified atom stereocenters. The second-order valence-electron chi connectivity index (χ2n) is 5.85. The van der Waals surface area contributed by atoms with Crippen LogP contribution in [0.1, 0.15) is 39.5 Å². The largest absolute Gasteiger partial charge is 0.389 e. The van der Waals surface area contributed by atoms with Gasteiger partial charge in [0, 0.05) is 20.2 Å². The summed E-state index contributed by atoms with van der Waals surface area (Å²) in [4.78, 5) is 2.43. The van der Waals surface area contributed by atoms with Crippen molar-refractivity contribution >= 4 is 0 Å². The highest BCUT2D eigenvalue weighted by Gasteiger charge is 2.28. The summed E-state index contributed by atoms with van der Waals surface area (Å²) in [6, 6.07) is 0. The minimum absolute atomic E-state index is 0.483. The van der Waals surface area contributed by atoms with E-state index in [0.717, 1.165) is 58.1 Å². The molecule has 1 aliphatic heterocycles. The van der Waals surface area contributed by atoms with Gasteiger partial charge in [0.15, 0.2) is 0 Å². The first-order valence-corrected chi connectivity index (χ1v) is 7.78. The number of hydrogen-bond acceptors (Lipinski definition) is 4. The van der Waals surface area contributed by atoms with Gasteiger partial charge in [0.2, 0.25) is 0 Å². The van der Waals surface area contributed by atoms with Crippen molar-refractivity contribution < 1.29 is 9.84 Å². The Kier molecular flexibility index (Phi) is 7.91. The smallest absolute Gasteiger partial charge is 0.0768 e. The van der Waals surface area contributed by atoms with E-state index in [9.17, 15) is 5.11 Å². The van der Waals surface area contributed by atoms with Crippen molar-refractivity contribution in [1.82, 2.24) is 10.2 Å². The molecular weight excluding hydrogens is 240 g/mol. The number of aliphatic hydroxyl groups is 1. The summed E-state index contributed by atoms with van der Waals surface area (Å²) >= 11 is 0. The van der Waals surface area contributed by atoms with Gasteiger partial charge in [-0.3, -0.25) is 0 Å². The van der Waals surface area contributed by atoms with Crippen LogP contribution in [0.3, 0.4) is 0 Å². The molecule has 0 radical (unpaired) electrons. The van der Waals surface area contributed by atoms with E-state index in [1.165, 1.54) is 12.8 Å². The molecular formula is C15H32N2O2. The van der Waals surface area contributed by atoms with Gasteiger partial charge in [0.25, 0.3) is 0 Å².